The number of carboxylic acid groups (broad SMARTS) is 4. The molecule has 4 heterocycles. The molecule has 21 heteroatoms. The molecule has 61 heavy (non-hydrogen) atoms. The average Bonchev–Trinajstić information content (AvgIpc) is 3.92. The molecule has 332 valence electrons. The van der Waals surface area contributed by atoms with E-state index >= 15 is 0 Å². The van der Waals surface area contributed by atoms with Crippen molar-refractivity contribution in [3.63, 3.8) is 0 Å². The molecule has 0 amide bonds. The summed E-state index contributed by atoms with van der Waals surface area (Å²) in [5, 5.41) is 37.9. The molecule has 0 aliphatic heterocycles. The Labute approximate surface area is 375 Å². The predicted octanol–water partition coefficient (Wildman–Crippen LogP) is 2.35. The summed E-state index contributed by atoms with van der Waals surface area (Å²) in [4.78, 5) is 76.7. The van der Waals surface area contributed by atoms with Crippen molar-refractivity contribution in [2.45, 2.75) is 102 Å². The van der Waals surface area contributed by atoms with Gasteiger partial charge in [-0.05, 0) is 49.9 Å². The molecule has 6 rings (SSSR count). The minimum absolute atomic E-state index is 0. The fourth-order valence-electron chi connectivity index (χ4n) is 8.32. The number of aromatic nitrogens is 6. The summed E-state index contributed by atoms with van der Waals surface area (Å²) in [6.45, 7) is 1.26. The number of nitrogens with zero attached hydrogens (tertiary/aromatic N) is 8. The first-order valence-corrected chi connectivity index (χ1v) is 19.6. The van der Waals surface area contributed by atoms with Crippen LogP contribution in [0.2, 0.25) is 0 Å². The monoisotopic (exact) mass is 932 g/mol. The number of carbonyl (C=O) groups is 4. The van der Waals surface area contributed by atoms with Gasteiger partial charge >= 0.3 is 58.0 Å². The molecule has 0 spiro atoms. The van der Waals surface area contributed by atoms with Crippen LogP contribution >= 0.6 is 0 Å². The third kappa shape index (κ3) is 17.4. The number of rotatable bonds is 20. The molecule has 2 aliphatic carbocycles. The number of aromatic amines is 2. The zero-order chi connectivity index (χ0) is 41.3. The van der Waals surface area contributed by atoms with E-state index in [9.17, 15) is 39.6 Å². The second-order valence-corrected chi connectivity index (χ2v) is 14.8. The normalized spacial score (nSPS) is 18.6. The largest absolute Gasteiger partial charge is 2.00 e. The Morgan fingerprint density at radius 1 is 0.525 bits per heavy atom. The summed E-state index contributed by atoms with van der Waals surface area (Å²) in [5.41, 5.74) is 3.28. The molecule has 4 atom stereocenters. The van der Waals surface area contributed by atoms with E-state index in [1.807, 2.05) is 56.0 Å². The summed E-state index contributed by atoms with van der Waals surface area (Å²) in [7, 11) is 0. The van der Waals surface area contributed by atoms with Crippen molar-refractivity contribution >= 4 is 23.9 Å². The van der Waals surface area contributed by atoms with Crippen molar-refractivity contribution in [1.29, 1.82) is 0 Å². The molecule has 4 aromatic heterocycles. The Kier molecular flexibility index (Phi) is 23.6. The number of hydrogen-bond acceptors (Lipinski definition) is 12. The van der Waals surface area contributed by atoms with Crippen LogP contribution in [0.25, 0.3) is 0 Å². The van der Waals surface area contributed by atoms with E-state index in [1.165, 1.54) is 0 Å². The molecule has 8 N–H and O–H groups in total. The number of pyridine rings is 2. The van der Waals surface area contributed by atoms with Crippen LogP contribution in [-0.2, 0) is 79.5 Å². The predicted molar refractivity (Wildman–Crippen MR) is 214 cm³/mol. The number of H-pyrrole nitrogens is 2. The van der Waals surface area contributed by atoms with Gasteiger partial charge in [0.2, 0.25) is 0 Å². The van der Waals surface area contributed by atoms with Gasteiger partial charge in [0.15, 0.2) is 0 Å². The van der Waals surface area contributed by atoms with Crippen molar-refractivity contribution in [1.82, 2.24) is 49.5 Å². The van der Waals surface area contributed by atoms with Crippen LogP contribution in [0.3, 0.4) is 0 Å². The van der Waals surface area contributed by atoms with Gasteiger partial charge in [-0.15, -0.1) is 0 Å². The van der Waals surface area contributed by atoms with Gasteiger partial charge in [-0.3, -0.25) is 48.7 Å². The average molecular weight is 933 g/mol. The van der Waals surface area contributed by atoms with Crippen LogP contribution in [-0.4, -0.2) is 150 Å². The minimum Gasteiger partial charge on any atom is -0.480 e. The van der Waals surface area contributed by atoms with Crippen LogP contribution in [0.4, 0.5) is 0 Å². The second-order valence-electron chi connectivity index (χ2n) is 14.8. The van der Waals surface area contributed by atoms with Crippen molar-refractivity contribution in [2.75, 3.05) is 26.2 Å². The van der Waals surface area contributed by atoms with Crippen LogP contribution in [0.15, 0.2) is 73.8 Å². The molecule has 2 fully saturated rings. The van der Waals surface area contributed by atoms with E-state index in [-0.39, 0.29) is 90.0 Å². The number of aliphatic carboxylic acids is 4. The zero-order valence-electron chi connectivity index (χ0n) is 33.8. The number of carboxylic acids is 4. The van der Waals surface area contributed by atoms with Gasteiger partial charge in [0.1, 0.15) is 0 Å². The Morgan fingerprint density at radius 3 is 1.08 bits per heavy atom. The molecule has 19 nitrogen and oxygen atoms in total. The minimum atomic E-state index is -0.900. The summed E-state index contributed by atoms with van der Waals surface area (Å²) >= 11 is 0. The first kappa shape index (κ1) is 52.6. The van der Waals surface area contributed by atoms with Crippen molar-refractivity contribution in [2.24, 2.45) is 0 Å². The van der Waals surface area contributed by atoms with Crippen LogP contribution in [0, 0.1) is 0 Å². The Balaban J connectivity index is 0.000000400. The van der Waals surface area contributed by atoms with E-state index in [0.29, 0.717) is 26.2 Å². The molecule has 0 bridgehead atoms. The molecule has 0 aromatic carbocycles. The van der Waals surface area contributed by atoms with Crippen LogP contribution < -0.4 is 0 Å². The molecule has 4 aromatic rings. The Hall–Kier alpha value is -4.56. The van der Waals surface area contributed by atoms with Gasteiger partial charge in [-0.2, -0.15) is 0 Å². The van der Waals surface area contributed by atoms with Gasteiger partial charge in [0, 0.05) is 86.5 Å². The van der Waals surface area contributed by atoms with E-state index in [1.54, 1.807) is 37.4 Å². The first-order valence-electron chi connectivity index (χ1n) is 19.6. The second kappa shape index (κ2) is 27.4. The number of hydrogen-bond donors (Lipinski definition) is 6. The van der Waals surface area contributed by atoms with Crippen molar-refractivity contribution < 1.29 is 79.2 Å². The number of imidazole rings is 2. The fourth-order valence-corrected chi connectivity index (χ4v) is 8.32. The van der Waals surface area contributed by atoms with Gasteiger partial charge in [0.05, 0.1) is 50.2 Å². The van der Waals surface area contributed by atoms with Gasteiger partial charge in [0.25, 0.3) is 0 Å². The van der Waals surface area contributed by atoms with Gasteiger partial charge < -0.3 is 35.9 Å². The zero-order valence-corrected chi connectivity index (χ0v) is 36.0. The van der Waals surface area contributed by atoms with Crippen molar-refractivity contribution in [3.05, 3.63) is 96.6 Å². The summed E-state index contributed by atoms with van der Waals surface area (Å²) in [5.74, 6) is -3.60. The maximum Gasteiger partial charge on any atom is 2.00 e. The molecular weight excluding hydrogens is 876 g/mol. The molecule has 2 aliphatic rings. The maximum absolute atomic E-state index is 11.6. The van der Waals surface area contributed by atoms with E-state index in [2.05, 4.69) is 29.9 Å². The number of nitrogens with one attached hydrogen (secondary N) is 2. The molecule has 2 unspecified atom stereocenters. The molecule has 0 saturated heterocycles. The summed E-state index contributed by atoms with van der Waals surface area (Å²) < 4.78 is 0. The fraction of sp³-hybridized carbons (Fsp3) is 0.500. The van der Waals surface area contributed by atoms with Gasteiger partial charge in [-0.25, -0.2) is 9.97 Å². The topological polar surface area (TPSA) is 277 Å². The molecular formula is C40H56Fe2N10O9+4. The smallest absolute Gasteiger partial charge is 0.480 e. The van der Waals surface area contributed by atoms with Crippen molar-refractivity contribution in [3.8, 4) is 0 Å². The van der Waals surface area contributed by atoms with Gasteiger partial charge in [-0.1, -0.05) is 37.8 Å². The Bertz CT molecular complexity index is 1720. The molecule has 2 saturated carbocycles. The van der Waals surface area contributed by atoms with E-state index in [4.69, 9.17) is 0 Å². The van der Waals surface area contributed by atoms with Crippen LogP contribution in [0.1, 0.15) is 74.1 Å². The summed E-state index contributed by atoms with van der Waals surface area (Å²) in [6, 6.07) is 10.9. The first-order chi connectivity index (χ1) is 28.0. The third-order valence-corrected chi connectivity index (χ3v) is 10.7. The quantitative estimate of drug-likeness (QED) is 0.0694. The third-order valence-electron chi connectivity index (χ3n) is 10.7. The van der Waals surface area contributed by atoms with E-state index < -0.39 is 23.9 Å². The maximum atomic E-state index is 11.6. The Morgan fingerprint density at radius 2 is 0.836 bits per heavy atom. The van der Waals surface area contributed by atoms with Crippen LogP contribution in [0.5, 0.6) is 0 Å². The summed E-state index contributed by atoms with van der Waals surface area (Å²) in [6.07, 6.45) is 17.2. The SMILES string of the molecule is O.O=C(O)CN(Cc1cnc[nH]1)C1CCCC[C@@H]1N(CC(=O)O)Cc1ccccn1.O=C(O)CN(Cc1cnc[nH]1)C1CCCC[C@@H]1N(CC(=O)O)Cc1ccccn1.[Fe+2].[Fe+2]. The molecule has 0 radical (unpaired) electrons. The standard InChI is InChI=1S/2C20H27N5O4.2Fe.H2O/c2*26-19(27)12-24(10-15-5-3-4-8-22-15)17-6-1-2-7-18(17)25(13-20(28)29)11-16-9-21-14-23-16;;;/h2*3-5,8-9,14,17-18H,1-2,6-7,10-13H2,(H,21,23)(H,26,27)(H,28,29);;;1H2/q;;2*+2;/t2*17-,18?;;;/m00.../s1. The van der Waals surface area contributed by atoms with E-state index in [0.717, 1.165) is 74.1 Å².